The zero-order valence-electron chi connectivity index (χ0n) is 15.6. The van der Waals surface area contributed by atoms with Gasteiger partial charge in [-0.25, -0.2) is 4.98 Å². The molecule has 3 rings (SSSR count). The summed E-state index contributed by atoms with van der Waals surface area (Å²) in [5.41, 5.74) is 16.0. The number of nitrogen functional groups attached to an aromatic ring is 1. The average Bonchev–Trinajstić information content (AvgIpc) is 2.68. The summed E-state index contributed by atoms with van der Waals surface area (Å²) in [5, 5.41) is 4.41. The summed E-state index contributed by atoms with van der Waals surface area (Å²) in [5.74, 6) is 0.621. The molecule has 138 valence electrons. The van der Waals surface area contributed by atoms with Crippen LogP contribution < -0.4 is 16.8 Å². The molecule has 0 saturated carbocycles. The first-order valence-corrected chi connectivity index (χ1v) is 8.86. The molecular formula is C21H24N6. The van der Waals surface area contributed by atoms with Gasteiger partial charge in [-0.05, 0) is 49.7 Å². The van der Waals surface area contributed by atoms with Crippen molar-refractivity contribution in [1.29, 1.82) is 0 Å². The molecule has 1 aromatic carbocycles. The maximum absolute atomic E-state index is 6.09. The zero-order chi connectivity index (χ0) is 19.2. The van der Waals surface area contributed by atoms with Crippen molar-refractivity contribution >= 4 is 34.2 Å². The highest BCUT2D eigenvalue weighted by molar-refractivity contribution is 6.09. The molecule has 0 bridgehead atoms. The van der Waals surface area contributed by atoms with E-state index in [0.717, 1.165) is 27.7 Å². The number of pyridine rings is 2. The van der Waals surface area contributed by atoms with Crippen molar-refractivity contribution in [2.75, 3.05) is 11.1 Å². The number of benzene rings is 1. The number of aliphatic imine (C=N–C) groups is 1. The Morgan fingerprint density at radius 2 is 2.07 bits per heavy atom. The topological polar surface area (TPSA) is 102 Å². The number of nitrogens with two attached hydrogens (primary N) is 2. The minimum atomic E-state index is 0.189. The number of fused-ring (bicyclic) bond motifs is 1. The van der Waals surface area contributed by atoms with Crippen molar-refractivity contribution in [1.82, 2.24) is 9.97 Å². The highest BCUT2D eigenvalue weighted by atomic mass is 15.0. The molecule has 5 N–H and O–H groups in total. The molecule has 2 aromatic heterocycles. The Balaban J connectivity index is 1.79. The van der Waals surface area contributed by atoms with Crippen molar-refractivity contribution in [3.05, 3.63) is 66.1 Å². The van der Waals surface area contributed by atoms with Crippen molar-refractivity contribution in [2.45, 2.75) is 26.4 Å². The number of rotatable bonds is 6. The first-order valence-electron chi connectivity index (χ1n) is 8.86. The van der Waals surface area contributed by atoms with Crippen LogP contribution in [0.1, 0.15) is 25.1 Å². The number of nitrogens with one attached hydrogen (secondary N) is 1. The van der Waals surface area contributed by atoms with Crippen LogP contribution in [-0.4, -0.2) is 22.2 Å². The van der Waals surface area contributed by atoms with Crippen LogP contribution in [0.25, 0.3) is 16.5 Å². The lowest BCUT2D eigenvalue weighted by atomic mass is 10.1. The maximum Gasteiger partial charge on any atom is 0.150 e. The summed E-state index contributed by atoms with van der Waals surface area (Å²) in [6.45, 7) is 4.62. The number of aromatic nitrogens is 2. The van der Waals surface area contributed by atoms with E-state index in [4.69, 9.17) is 11.5 Å². The number of hydrogen-bond acceptors (Lipinski definition) is 6. The summed E-state index contributed by atoms with van der Waals surface area (Å²) in [7, 11) is 0. The first kappa shape index (κ1) is 18.4. The van der Waals surface area contributed by atoms with Crippen molar-refractivity contribution in [3.8, 4) is 0 Å². The van der Waals surface area contributed by atoms with Gasteiger partial charge in [0, 0.05) is 42.2 Å². The van der Waals surface area contributed by atoms with Gasteiger partial charge in [0.2, 0.25) is 0 Å². The van der Waals surface area contributed by atoms with E-state index in [1.807, 2.05) is 50.2 Å². The number of allylic oxidation sites excluding steroid dienone is 1. The quantitative estimate of drug-likeness (QED) is 0.583. The second kappa shape index (κ2) is 8.31. The normalized spacial score (nSPS) is 12.2. The minimum absolute atomic E-state index is 0.189. The average molecular weight is 360 g/mol. The van der Waals surface area contributed by atoms with E-state index in [1.54, 1.807) is 12.4 Å². The van der Waals surface area contributed by atoms with Crippen LogP contribution in [0.15, 0.2) is 59.9 Å². The molecule has 0 fully saturated rings. The standard InChI is InChI=1S/C21H24N6/c1-14(2)25-13-17(11-22)20-8-6-18(23)21(27-20)26-12-15-5-7-19-16(10-15)4-3-9-24-19/h3-11,13-14H,12,22-23H2,1-2H3,(H,26,27). The van der Waals surface area contributed by atoms with Crippen LogP contribution in [0.4, 0.5) is 11.5 Å². The van der Waals surface area contributed by atoms with E-state index in [9.17, 15) is 0 Å². The lowest BCUT2D eigenvalue weighted by Crippen LogP contribution is -2.07. The van der Waals surface area contributed by atoms with Gasteiger partial charge >= 0.3 is 0 Å². The molecule has 0 aliphatic heterocycles. The van der Waals surface area contributed by atoms with Crippen LogP contribution in [-0.2, 0) is 6.54 Å². The van der Waals surface area contributed by atoms with Gasteiger partial charge in [0.05, 0.1) is 16.9 Å². The third-order valence-corrected chi connectivity index (χ3v) is 4.04. The Labute approximate surface area is 159 Å². The predicted molar refractivity (Wildman–Crippen MR) is 114 cm³/mol. The molecule has 0 aliphatic rings. The smallest absolute Gasteiger partial charge is 0.150 e. The van der Waals surface area contributed by atoms with E-state index in [0.29, 0.717) is 18.1 Å². The lowest BCUT2D eigenvalue weighted by Gasteiger charge is -2.11. The maximum atomic E-state index is 6.09. The highest BCUT2D eigenvalue weighted by Crippen LogP contribution is 2.21. The van der Waals surface area contributed by atoms with E-state index in [2.05, 4.69) is 26.3 Å². The molecule has 0 unspecified atom stereocenters. The summed E-state index contributed by atoms with van der Waals surface area (Å²) in [6.07, 6.45) is 5.04. The van der Waals surface area contributed by atoms with Gasteiger partial charge in [0.25, 0.3) is 0 Å². The van der Waals surface area contributed by atoms with Gasteiger partial charge in [0.1, 0.15) is 5.82 Å². The number of anilines is 2. The molecule has 0 aliphatic carbocycles. The number of nitrogens with zero attached hydrogens (tertiary/aromatic N) is 3. The molecule has 0 atom stereocenters. The number of hydrogen-bond donors (Lipinski definition) is 3. The monoisotopic (exact) mass is 360 g/mol. The fourth-order valence-electron chi connectivity index (χ4n) is 2.62. The van der Waals surface area contributed by atoms with Gasteiger partial charge in [-0.15, -0.1) is 0 Å². The van der Waals surface area contributed by atoms with Crippen molar-refractivity contribution < 1.29 is 0 Å². The van der Waals surface area contributed by atoms with Gasteiger partial charge in [0.15, 0.2) is 0 Å². The fourth-order valence-corrected chi connectivity index (χ4v) is 2.62. The second-order valence-corrected chi connectivity index (χ2v) is 6.51. The van der Waals surface area contributed by atoms with Gasteiger partial charge in [-0.1, -0.05) is 12.1 Å². The summed E-state index contributed by atoms with van der Waals surface area (Å²) in [6, 6.07) is 14.0. The Bertz CT molecular complexity index is 991. The molecule has 3 aromatic rings. The largest absolute Gasteiger partial charge is 0.404 e. The molecule has 27 heavy (non-hydrogen) atoms. The van der Waals surface area contributed by atoms with E-state index in [-0.39, 0.29) is 6.04 Å². The second-order valence-electron chi connectivity index (χ2n) is 6.51. The summed E-state index contributed by atoms with van der Waals surface area (Å²) < 4.78 is 0. The van der Waals surface area contributed by atoms with Crippen molar-refractivity contribution in [3.63, 3.8) is 0 Å². The molecule has 0 spiro atoms. The van der Waals surface area contributed by atoms with Gasteiger partial charge in [-0.3, -0.25) is 9.98 Å². The Morgan fingerprint density at radius 1 is 1.22 bits per heavy atom. The van der Waals surface area contributed by atoms with E-state index < -0.39 is 0 Å². The summed E-state index contributed by atoms with van der Waals surface area (Å²) in [4.78, 5) is 13.3. The molecule has 6 nitrogen and oxygen atoms in total. The lowest BCUT2D eigenvalue weighted by molar-refractivity contribution is 0.842. The predicted octanol–water partition coefficient (Wildman–Crippen LogP) is 3.60. The van der Waals surface area contributed by atoms with Crippen LogP contribution in [0.3, 0.4) is 0 Å². The van der Waals surface area contributed by atoms with Gasteiger partial charge < -0.3 is 16.8 Å². The molecular weight excluding hydrogens is 336 g/mol. The van der Waals surface area contributed by atoms with E-state index >= 15 is 0 Å². The van der Waals surface area contributed by atoms with Crippen molar-refractivity contribution in [2.24, 2.45) is 10.7 Å². The Hall–Kier alpha value is -3.41. The van der Waals surface area contributed by atoms with Crippen LogP contribution in [0.5, 0.6) is 0 Å². The first-order chi connectivity index (χ1) is 13.1. The van der Waals surface area contributed by atoms with Crippen LogP contribution >= 0.6 is 0 Å². The SMILES string of the molecule is CC(C)N=CC(=CN)c1ccc(N)c(NCc2ccc3ncccc3c2)n1. The molecule has 6 heteroatoms. The molecule has 2 heterocycles. The van der Waals surface area contributed by atoms with Gasteiger partial charge in [-0.2, -0.15) is 0 Å². The molecule has 0 radical (unpaired) electrons. The Kier molecular flexibility index (Phi) is 5.66. The minimum Gasteiger partial charge on any atom is -0.404 e. The summed E-state index contributed by atoms with van der Waals surface area (Å²) >= 11 is 0. The van der Waals surface area contributed by atoms with Crippen LogP contribution in [0, 0.1) is 0 Å². The third-order valence-electron chi connectivity index (χ3n) is 4.04. The molecule has 0 saturated heterocycles. The van der Waals surface area contributed by atoms with Crippen LogP contribution in [0.2, 0.25) is 0 Å². The fraction of sp³-hybridized carbons (Fsp3) is 0.190. The third kappa shape index (κ3) is 4.61. The highest BCUT2D eigenvalue weighted by Gasteiger charge is 2.07. The Morgan fingerprint density at radius 3 is 2.85 bits per heavy atom. The van der Waals surface area contributed by atoms with E-state index in [1.165, 1.54) is 6.20 Å². The zero-order valence-corrected chi connectivity index (χ0v) is 15.6. The molecule has 0 amide bonds.